The van der Waals surface area contributed by atoms with Crippen molar-refractivity contribution in [1.82, 2.24) is 4.98 Å². The van der Waals surface area contributed by atoms with Gasteiger partial charge in [-0.3, -0.25) is 0 Å². The standard InChI is InChI=1S/C18H14FNO2/c1-10-7-13-14(18(21)22)9-17(20-16(13)8-11(10)2)12-5-3-4-6-15(12)19/h3-9H,1-2H3,(H,21,22). The molecule has 1 heterocycles. The third kappa shape index (κ3) is 2.33. The molecule has 3 aromatic rings. The molecule has 22 heavy (non-hydrogen) atoms. The van der Waals surface area contributed by atoms with Gasteiger partial charge in [-0.2, -0.15) is 0 Å². The van der Waals surface area contributed by atoms with E-state index in [2.05, 4.69) is 4.98 Å². The maximum Gasteiger partial charge on any atom is 0.336 e. The van der Waals surface area contributed by atoms with Gasteiger partial charge in [0.25, 0.3) is 0 Å². The summed E-state index contributed by atoms with van der Waals surface area (Å²) in [6.45, 7) is 3.86. The lowest BCUT2D eigenvalue weighted by Crippen LogP contribution is -2.01. The van der Waals surface area contributed by atoms with Crippen molar-refractivity contribution in [2.45, 2.75) is 13.8 Å². The molecule has 110 valence electrons. The second kappa shape index (κ2) is 5.22. The van der Waals surface area contributed by atoms with Crippen LogP contribution in [0, 0.1) is 19.7 Å². The Morgan fingerprint density at radius 3 is 2.45 bits per heavy atom. The number of hydrogen-bond donors (Lipinski definition) is 1. The maximum atomic E-state index is 14.0. The Balaban J connectivity index is 2.37. The first-order valence-electron chi connectivity index (χ1n) is 6.87. The number of aromatic nitrogens is 1. The molecule has 0 aliphatic carbocycles. The molecule has 1 N–H and O–H groups in total. The van der Waals surface area contributed by atoms with Gasteiger partial charge in [-0.15, -0.1) is 0 Å². The molecule has 0 saturated heterocycles. The molecule has 0 unspecified atom stereocenters. The van der Waals surface area contributed by atoms with Crippen LogP contribution in [-0.2, 0) is 0 Å². The van der Waals surface area contributed by atoms with Crippen LogP contribution in [0.2, 0.25) is 0 Å². The third-order valence-electron chi connectivity index (χ3n) is 3.80. The number of aromatic carboxylic acids is 1. The van der Waals surface area contributed by atoms with Gasteiger partial charge < -0.3 is 5.11 Å². The van der Waals surface area contributed by atoms with Crippen LogP contribution in [0.4, 0.5) is 4.39 Å². The molecule has 0 saturated carbocycles. The van der Waals surface area contributed by atoms with Crippen LogP contribution in [0.25, 0.3) is 22.2 Å². The van der Waals surface area contributed by atoms with Gasteiger partial charge in [-0.1, -0.05) is 12.1 Å². The minimum atomic E-state index is -1.05. The van der Waals surface area contributed by atoms with Gasteiger partial charge >= 0.3 is 5.97 Å². The van der Waals surface area contributed by atoms with Crippen molar-refractivity contribution in [1.29, 1.82) is 0 Å². The molecular weight excluding hydrogens is 281 g/mol. The Bertz CT molecular complexity index is 903. The number of carboxylic acid groups (broad SMARTS) is 1. The number of nitrogens with zero attached hydrogens (tertiary/aromatic N) is 1. The highest BCUT2D eigenvalue weighted by molar-refractivity contribution is 6.04. The Kier molecular flexibility index (Phi) is 3.37. The van der Waals surface area contributed by atoms with Crippen LogP contribution in [0.3, 0.4) is 0 Å². The average Bonchev–Trinajstić information content (AvgIpc) is 2.48. The van der Waals surface area contributed by atoms with Crippen LogP contribution in [0.5, 0.6) is 0 Å². The van der Waals surface area contributed by atoms with Gasteiger partial charge in [0.05, 0.1) is 16.8 Å². The zero-order valence-corrected chi connectivity index (χ0v) is 12.2. The topological polar surface area (TPSA) is 50.2 Å². The normalized spacial score (nSPS) is 10.9. The minimum Gasteiger partial charge on any atom is -0.478 e. The lowest BCUT2D eigenvalue weighted by molar-refractivity contribution is 0.0699. The summed E-state index contributed by atoms with van der Waals surface area (Å²) >= 11 is 0. The molecule has 0 bridgehead atoms. The molecule has 0 radical (unpaired) electrons. The monoisotopic (exact) mass is 295 g/mol. The fraction of sp³-hybridized carbons (Fsp3) is 0.111. The van der Waals surface area contributed by atoms with E-state index in [1.165, 1.54) is 12.1 Å². The number of fused-ring (bicyclic) bond motifs is 1. The Morgan fingerprint density at radius 2 is 1.77 bits per heavy atom. The quantitative estimate of drug-likeness (QED) is 0.764. The van der Waals surface area contributed by atoms with Crippen LogP contribution in [0.15, 0.2) is 42.5 Å². The molecule has 3 rings (SSSR count). The van der Waals surface area contributed by atoms with E-state index in [0.29, 0.717) is 22.2 Å². The highest BCUT2D eigenvalue weighted by Crippen LogP contribution is 2.28. The van der Waals surface area contributed by atoms with Crippen LogP contribution in [-0.4, -0.2) is 16.1 Å². The van der Waals surface area contributed by atoms with Gasteiger partial charge in [0.1, 0.15) is 5.82 Å². The van der Waals surface area contributed by atoms with Crippen molar-refractivity contribution in [2.24, 2.45) is 0 Å². The highest BCUT2D eigenvalue weighted by atomic mass is 19.1. The summed E-state index contributed by atoms with van der Waals surface area (Å²) in [7, 11) is 0. The average molecular weight is 295 g/mol. The van der Waals surface area contributed by atoms with E-state index in [1.54, 1.807) is 18.2 Å². The van der Waals surface area contributed by atoms with E-state index in [4.69, 9.17) is 0 Å². The molecule has 0 amide bonds. The maximum absolute atomic E-state index is 14.0. The van der Waals surface area contributed by atoms with Crippen molar-refractivity contribution < 1.29 is 14.3 Å². The number of pyridine rings is 1. The van der Waals surface area contributed by atoms with E-state index >= 15 is 0 Å². The van der Waals surface area contributed by atoms with Gasteiger partial charge in [0.2, 0.25) is 0 Å². The smallest absolute Gasteiger partial charge is 0.336 e. The van der Waals surface area contributed by atoms with E-state index in [9.17, 15) is 14.3 Å². The zero-order valence-electron chi connectivity index (χ0n) is 12.2. The van der Waals surface area contributed by atoms with Crippen molar-refractivity contribution in [3.8, 4) is 11.3 Å². The molecule has 0 atom stereocenters. The molecule has 0 aliphatic rings. The second-order valence-electron chi connectivity index (χ2n) is 5.29. The molecule has 2 aromatic carbocycles. The van der Waals surface area contributed by atoms with Crippen molar-refractivity contribution in [3.63, 3.8) is 0 Å². The molecular formula is C18H14FNO2. The molecule has 1 aromatic heterocycles. The first-order chi connectivity index (χ1) is 10.5. The summed E-state index contributed by atoms with van der Waals surface area (Å²) in [5.41, 5.74) is 3.32. The number of carbonyl (C=O) groups is 1. The number of aryl methyl sites for hydroxylation is 2. The van der Waals surface area contributed by atoms with Crippen LogP contribution in [0.1, 0.15) is 21.5 Å². The predicted octanol–water partition coefficient (Wildman–Crippen LogP) is 4.36. The molecule has 0 fully saturated rings. The fourth-order valence-electron chi connectivity index (χ4n) is 2.47. The van der Waals surface area contributed by atoms with Crippen LogP contribution < -0.4 is 0 Å². The third-order valence-corrected chi connectivity index (χ3v) is 3.80. The summed E-state index contributed by atoms with van der Waals surface area (Å²) in [6.07, 6.45) is 0. The Labute approximate surface area is 127 Å². The van der Waals surface area contributed by atoms with Crippen molar-refractivity contribution in [3.05, 3.63) is 65.0 Å². The predicted molar refractivity (Wildman–Crippen MR) is 83.6 cm³/mol. The summed E-state index contributed by atoms with van der Waals surface area (Å²) in [5.74, 6) is -1.47. The SMILES string of the molecule is Cc1cc2nc(-c3ccccc3F)cc(C(=O)O)c2cc1C. The number of rotatable bonds is 2. The molecule has 4 heteroatoms. The first-order valence-corrected chi connectivity index (χ1v) is 6.87. The number of halogens is 1. The van der Waals surface area contributed by atoms with E-state index in [-0.39, 0.29) is 5.56 Å². The Morgan fingerprint density at radius 1 is 1.09 bits per heavy atom. The lowest BCUT2D eigenvalue weighted by Gasteiger charge is -2.10. The van der Waals surface area contributed by atoms with E-state index < -0.39 is 11.8 Å². The summed E-state index contributed by atoms with van der Waals surface area (Å²) < 4.78 is 14.0. The van der Waals surface area contributed by atoms with Crippen molar-refractivity contribution >= 4 is 16.9 Å². The van der Waals surface area contributed by atoms with Crippen molar-refractivity contribution in [2.75, 3.05) is 0 Å². The second-order valence-corrected chi connectivity index (χ2v) is 5.29. The highest BCUT2D eigenvalue weighted by Gasteiger charge is 2.15. The molecule has 0 aliphatic heterocycles. The van der Waals surface area contributed by atoms with Gasteiger partial charge in [-0.05, 0) is 55.3 Å². The van der Waals surface area contributed by atoms with E-state index in [0.717, 1.165) is 11.1 Å². The summed E-state index contributed by atoms with van der Waals surface area (Å²) in [4.78, 5) is 16.0. The van der Waals surface area contributed by atoms with Gasteiger partial charge in [0, 0.05) is 10.9 Å². The van der Waals surface area contributed by atoms with Gasteiger partial charge in [-0.25, -0.2) is 14.2 Å². The van der Waals surface area contributed by atoms with E-state index in [1.807, 2.05) is 26.0 Å². The molecule has 0 spiro atoms. The van der Waals surface area contributed by atoms with Crippen LogP contribution >= 0.6 is 0 Å². The summed E-state index contributed by atoms with van der Waals surface area (Å²) in [6, 6.07) is 11.3. The first kappa shape index (κ1) is 14.2. The number of benzene rings is 2. The lowest BCUT2D eigenvalue weighted by atomic mass is 10.00. The summed E-state index contributed by atoms with van der Waals surface area (Å²) in [5, 5.41) is 10.0. The Hall–Kier alpha value is -2.75. The van der Waals surface area contributed by atoms with Gasteiger partial charge in [0.15, 0.2) is 0 Å². The molecule has 3 nitrogen and oxygen atoms in total. The minimum absolute atomic E-state index is 0.131. The largest absolute Gasteiger partial charge is 0.478 e. The fourth-order valence-corrected chi connectivity index (χ4v) is 2.47. The number of hydrogen-bond acceptors (Lipinski definition) is 2. The number of carboxylic acids is 1. The zero-order chi connectivity index (χ0) is 15.9.